The second-order valence-corrected chi connectivity index (χ2v) is 3.75. The molecule has 0 fully saturated rings. The summed E-state index contributed by atoms with van der Waals surface area (Å²) in [5.74, 6) is 7.17. The van der Waals surface area contributed by atoms with Crippen molar-refractivity contribution >= 4 is 0 Å². The molecule has 0 amide bonds. The molecule has 3 nitrogen and oxygen atoms in total. The number of hydrogen-bond donors (Lipinski definition) is 0. The molecule has 0 spiro atoms. The van der Waals surface area contributed by atoms with E-state index in [0.29, 0.717) is 6.61 Å². The smallest absolute Gasteiger partial charge is 0.161 e. The first-order valence-corrected chi connectivity index (χ1v) is 5.99. The number of hydrogen-bond acceptors (Lipinski definition) is 3. The third-order valence-corrected chi connectivity index (χ3v) is 2.68. The van der Waals surface area contributed by atoms with Gasteiger partial charge < -0.3 is 14.2 Å². The van der Waals surface area contributed by atoms with Gasteiger partial charge in [-0.15, -0.1) is 5.92 Å². The van der Waals surface area contributed by atoms with Crippen LogP contribution in [0.5, 0.6) is 11.5 Å². The Bertz CT molecular complexity index is 429. The minimum Gasteiger partial charge on any atom is -0.493 e. The highest BCUT2D eigenvalue weighted by Gasteiger charge is 2.12. The Morgan fingerprint density at radius 3 is 2.44 bits per heavy atom. The second kappa shape index (κ2) is 7.62. The Labute approximate surface area is 109 Å². The lowest BCUT2D eigenvalue weighted by molar-refractivity contribution is 0.0747. The maximum Gasteiger partial charge on any atom is 0.161 e. The first kappa shape index (κ1) is 14.4. The number of methoxy groups -OCH3 is 2. The van der Waals surface area contributed by atoms with Crippen molar-refractivity contribution < 1.29 is 14.2 Å². The highest BCUT2D eigenvalue weighted by Crippen LogP contribution is 2.32. The van der Waals surface area contributed by atoms with E-state index in [1.54, 1.807) is 21.1 Å². The highest BCUT2D eigenvalue weighted by molar-refractivity contribution is 5.43. The van der Waals surface area contributed by atoms with Crippen LogP contribution in [0.25, 0.3) is 0 Å². The summed E-state index contributed by atoms with van der Waals surface area (Å²) >= 11 is 0. The standard InChI is InChI=1S/C15H20O3/c1-5-7-10-18-13(6-2)12-8-9-14(16-3)15(11-12)17-4/h8-9,11,13H,6,10H2,1-4H3. The van der Waals surface area contributed by atoms with Gasteiger partial charge in [0.1, 0.15) is 6.61 Å². The quantitative estimate of drug-likeness (QED) is 0.724. The van der Waals surface area contributed by atoms with Crippen LogP contribution in [0.2, 0.25) is 0 Å². The fourth-order valence-electron chi connectivity index (χ4n) is 1.72. The molecule has 3 heteroatoms. The van der Waals surface area contributed by atoms with E-state index >= 15 is 0 Å². The average molecular weight is 248 g/mol. The van der Waals surface area contributed by atoms with Gasteiger partial charge >= 0.3 is 0 Å². The van der Waals surface area contributed by atoms with Gasteiger partial charge in [0.15, 0.2) is 11.5 Å². The van der Waals surface area contributed by atoms with Gasteiger partial charge in [0.05, 0.1) is 20.3 Å². The first-order chi connectivity index (χ1) is 8.76. The molecule has 0 aliphatic heterocycles. The Balaban J connectivity index is 2.87. The van der Waals surface area contributed by atoms with Crippen molar-refractivity contribution in [3.05, 3.63) is 23.8 Å². The molecule has 0 heterocycles. The van der Waals surface area contributed by atoms with Gasteiger partial charge in [0.25, 0.3) is 0 Å². The van der Waals surface area contributed by atoms with Crippen molar-refractivity contribution in [2.24, 2.45) is 0 Å². The zero-order chi connectivity index (χ0) is 13.4. The van der Waals surface area contributed by atoms with E-state index < -0.39 is 0 Å². The van der Waals surface area contributed by atoms with Gasteiger partial charge in [-0.05, 0) is 31.0 Å². The molecule has 18 heavy (non-hydrogen) atoms. The van der Waals surface area contributed by atoms with Gasteiger partial charge in [-0.2, -0.15) is 0 Å². The van der Waals surface area contributed by atoms with Crippen molar-refractivity contribution in [3.8, 4) is 23.3 Å². The lowest BCUT2D eigenvalue weighted by Crippen LogP contribution is -2.04. The molecule has 0 saturated heterocycles. The predicted octanol–water partition coefficient (Wildman–Crippen LogP) is 3.19. The molecular formula is C15H20O3. The van der Waals surface area contributed by atoms with Crippen molar-refractivity contribution in [1.82, 2.24) is 0 Å². The van der Waals surface area contributed by atoms with Crippen LogP contribution in [-0.2, 0) is 4.74 Å². The molecule has 0 aliphatic rings. The average Bonchev–Trinajstić information content (AvgIpc) is 2.43. The van der Waals surface area contributed by atoms with Crippen LogP contribution in [0.4, 0.5) is 0 Å². The summed E-state index contributed by atoms with van der Waals surface area (Å²) < 4.78 is 16.2. The van der Waals surface area contributed by atoms with Gasteiger partial charge in [0, 0.05) is 0 Å². The van der Waals surface area contributed by atoms with E-state index in [1.165, 1.54) is 0 Å². The van der Waals surface area contributed by atoms with Crippen molar-refractivity contribution in [3.63, 3.8) is 0 Å². The second-order valence-electron chi connectivity index (χ2n) is 3.75. The van der Waals surface area contributed by atoms with Crippen LogP contribution < -0.4 is 9.47 Å². The van der Waals surface area contributed by atoms with Crippen molar-refractivity contribution in [2.75, 3.05) is 20.8 Å². The minimum absolute atomic E-state index is 0.0330. The zero-order valence-corrected chi connectivity index (χ0v) is 11.4. The molecule has 0 radical (unpaired) electrons. The van der Waals surface area contributed by atoms with Crippen LogP contribution in [0, 0.1) is 11.8 Å². The molecule has 98 valence electrons. The highest BCUT2D eigenvalue weighted by atomic mass is 16.5. The number of ether oxygens (including phenoxy) is 3. The van der Waals surface area contributed by atoms with Crippen molar-refractivity contribution in [2.45, 2.75) is 26.4 Å². The normalized spacial score (nSPS) is 11.3. The fraction of sp³-hybridized carbons (Fsp3) is 0.467. The van der Waals surface area contributed by atoms with Gasteiger partial charge in [0.2, 0.25) is 0 Å². The Morgan fingerprint density at radius 1 is 1.17 bits per heavy atom. The van der Waals surface area contributed by atoms with Crippen molar-refractivity contribution in [1.29, 1.82) is 0 Å². The monoisotopic (exact) mass is 248 g/mol. The molecule has 0 saturated carbocycles. The van der Waals surface area contributed by atoms with Crippen LogP contribution in [0.15, 0.2) is 18.2 Å². The molecule has 1 rings (SSSR count). The molecule has 0 aromatic heterocycles. The summed E-state index contributed by atoms with van der Waals surface area (Å²) in [5.41, 5.74) is 1.08. The van der Waals surface area contributed by atoms with E-state index in [-0.39, 0.29) is 6.10 Å². The van der Waals surface area contributed by atoms with E-state index in [9.17, 15) is 0 Å². The molecular weight excluding hydrogens is 228 g/mol. The molecule has 1 atom stereocenters. The summed E-state index contributed by atoms with van der Waals surface area (Å²) in [6.07, 6.45) is 0.923. The summed E-state index contributed by atoms with van der Waals surface area (Å²) in [6, 6.07) is 5.84. The molecule has 1 aromatic rings. The Hall–Kier alpha value is -1.66. The molecule has 1 unspecified atom stereocenters. The topological polar surface area (TPSA) is 27.7 Å². The van der Waals surface area contributed by atoms with Crippen LogP contribution >= 0.6 is 0 Å². The van der Waals surface area contributed by atoms with Crippen LogP contribution in [0.1, 0.15) is 31.9 Å². The van der Waals surface area contributed by atoms with Gasteiger partial charge in [-0.25, -0.2) is 0 Å². The van der Waals surface area contributed by atoms with E-state index in [0.717, 1.165) is 23.5 Å². The maximum atomic E-state index is 5.72. The fourth-order valence-corrected chi connectivity index (χ4v) is 1.72. The molecule has 0 aliphatic carbocycles. The molecule has 0 bridgehead atoms. The number of rotatable bonds is 6. The van der Waals surface area contributed by atoms with Crippen LogP contribution in [0.3, 0.4) is 0 Å². The summed E-state index contributed by atoms with van der Waals surface area (Å²) in [7, 11) is 3.26. The third kappa shape index (κ3) is 3.68. The van der Waals surface area contributed by atoms with Gasteiger partial charge in [-0.3, -0.25) is 0 Å². The zero-order valence-electron chi connectivity index (χ0n) is 11.4. The molecule has 0 N–H and O–H groups in total. The Morgan fingerprint density at radius 2 is 1.89 bits per heavy atom. The SMILES string of the molecule is CC#CCOC(CC)c1ccc(OC)c(OC)c1. The van der Waals surface area contributed by atoms with Gasteiger partial charge in [-0.1, -0.05) is 18.9 Å². The largest absolute Gasteiger partial charge is 0.493 e. The molecule has 1 aromatic carbocycles. The summed E-state index contributed by atoms with van der Waals surface area (Å²) in [5, 5.41) is 0. The van der Waals surface area contributed by atoms with Crippen LogP contribution in [-0.4, -0.2) is 20.8 Å². The Kier molecular flexibility index (Phi) is 6.10. The first-order valence-electron chi connectivity index (χ1n) is 5.99. The van der Waals surface area contributed by atoms with E-state index in [4.69, 9.17) is 14.2 Å². The predicted molar refractivity (Wildman–Crippen MR) is 72.0 cm³/mol. The lowest BCUT2D eigenvalue weighted by Gasteiger charge is -2.17. The maximum absolute atomic E-state index is 5.72. The minimum atomic E-state index is 0.0330. The number of benzene rings is 1. The third-order valence-electron chi connectivity index (χ3n) is 2.68. The summed E-state index contributed by atoms with van der Waals surface area (Å²) in [6.45, 7) is 4.34. The summed E-state index contributed by atoms with van der Waals surface area (Å²) in [4.78, 5) is 0. The van der Waals surface area contributed by atoms with E-state index in [1.807, 2.05) is 18.2 Å². The lowest BCUT2D eigenvalue weighted by atomic mass is 10.1. The van der Waals surface area contributed by atoms with E-state index in [2.05, 4.69) is 18.8 Å².